The first kappa shape index (κ1) is 64.4. The largest absolute Gasteiger partial charge is 0.494 e. The van der Waals surface area contributed by atoms with Gasteiger partial charge < -0.3 is 36.1 Å². The number of hydrogen-bond acceptors (Lipinski definition) is 17. The van der Waals surface area contributed by atoms with Crippen molar-refractivity contribution >= 4 is 77.1 Å². The molecule has 0 aliphatic carbocycles. The number of Topliss-reactive ketones (excluding diaryl/α,β-unsaturated/α-hetero) is 1. The number of anilines is 1. The van der Waals surface area contributed by atoms with Gasteiger partial charge in [0, 0.05) is 56.6 Å². The van der Waals surface area contributed by atoms with Gasteiger partial charge in [-0.25, -0.2) is 18.4 Å². The van der Waals surface area contributed by atoms with Crippen LogP contribution in [0.5, 0.6) is 5.75 Å². The Morgan fingerprint density at radius 2 is 1.33 bits per heavy atom. The monoisotopic (exact) mass is 1230 g/mol. The summed E-state index contributed by atoms with van der Waals surface area (Å²) >= 11 is 0. The summed E-state index contributed by atoms with van der Waals surface area (Å²) in [6, 6.07) is 34.2. The minimum absolute atomic E-state index is 0.0237. The predicted molar refractivity (Wildman–Crippen MR) is 316 cm³/mol. The molecule has 0 radical (unpaired) electrons. The number of carbonyl (C=O) groups is 5. The lowest BCUT2D eigenvalue weighted by Gasteiger charge is -2.38. The molecule has 0 bridgehead atoms. The van der Waals surface area contributed by atoms with Crippen molar-refractivity contribution in [3.05, 3.63) is 173 Å². The van der Waals surface area contributed by atoms with Gasteiger partial charge in [0.1, 0.15) is 29.1 Å². The third kappa shape index (κ3) is 16.6. The van der Waals surface area contributed by atoms with E-state index in [-0.39, 0.29) is 78.0 Å². The summed E-state index contributed by atoms with van der Waals surface area (Å²) in [5.74, 6) is -5.64. The Morgan fingerprint density at radius 1 is 0.753 bits per heavy atom. The first-order valence-electron chi connectivity index (χ1n) is 26.8. The summed E-state index contributed by atoms with van der Waals surface area (Å²) in [4.78, 5) is 75.2. The fourth-order valence-corrected chi connectivity index (χ4v) is 13.1. The van der Waals surface area contributed by atoms with Gasteiger partial charge >= 0.3 is 5.97 Å². The van der Waals surface area contributed by atoms with Gasteiger partial charge in [-0.1, -0.05) is 97.1 Å². The van der Waals surface area contributed by atoms with Crippen molar-refractivity contribution in [2.75, 3.05) is 50.2 Å². The van der Waals surface area contributed by atoms with Crippen LogP contribution in [-0.2, 0) is 66.3 Å². The molecule has 452 valence electrons. The van der Waals surface area contributed by atoms with E-state index in [0.717, 1.165) is 29.4 Å². The van der Waals surface area contributed by atoms with Gasteiger partial charge in [-0.15, -0.1) is 0 Å². The molecule has 0 unspecified atom stereocenters. The molecule has 7 rings (SSSR count). The van der Waals surface area contributed by atoms with Gasteiger partial charge in [0.25, 0.3) is 26.1 Å². The molecule has 0 saturated carbocycles. The number of amides is 3. The fraction of sp³-hybridized carbons (Fsp3) is 0.328. The zero-order chi connectivity index (χ0) is 61.7. The molecule has 0 fully saturated rings. The Labute approximate surface area is 493 Å². The molecule has 2 heterocycles. The second-order valence-corrected chi connectivity index (χ2v) is 24.9. The highest BCUT2D eigenvalue weighted by Crippen LogP contribution is 2.42. The highest BCUT2D eigenvalue weighted by molar-refractivity contribution is 7.89. The number of nitrogens with one attached hydrogen (secondary N) is 6. The number of aromatic nitrogens is 2. The Hall–Kier alpha value is -8.18. The predicted octanol–water partition coefficient (Wildman–Crippen LogP) is 4.01. The summed E-state index contributed by atoms with van der Waals surface area (Å²) in [5.41, 5.74) is 3.74. The maximum absolute atomic E-state index is 14.0. The number of nitrogens with zero attached hydrogens (tertiary/aromatic N) is 3. The maximum Gasteiger partial charge on any atom is 0.325 e. The third-order valence-electron chi connectivity index (χ3n) is 13.8. The van der Waals surface area contributed by atoms with Crippen molar-refractivity contribution in [1.82, 2.24) is 35.5 Å². The third-order valence-corrected chi connectivity index (χ3v) is 17.2. The Morgan fingerprint density at radius 3 is 1.89 bits per heavy atom. The number of imidazole rings is 1. The van der Waals surface area contributed by atoms with Crippen molar-refractivity contribution in [1.29, 1.82) is 0 Å². The van der Waals surface area contributed by atoms with Crippen LogP contribution in [0.25, 0.3) is 0 Å². The standard InChI is InChI=1S/C58H67N9O15S3/c1-37-30-45(82-29-15-22-50(68)59-25-26-60-54(70)49(36-84(76,77)78)64-39(3)35-83(73,74)75)31-38(2)53(37)85(79,80)66-48(56(72)81-5)34-62-55(71)51-40(4)52(69)46-24-23-41(32-47(46)65-51)33-63-57-61-27-28-67(57)58(42-16-9-6-10-17-42,43-18-11-7-12-19-43)44-20-13-8-14-21-44/h6-14,16-21,23-24,27-28,30-32,39-40,48-49,64,66H,15,22,25-26,29,33-36H2,1-5H3,(H,59,68)(H,60,70)(H,61,63)(H,62,71)(H,73,74,75)(H,76,77,78)/t39-,40+,48+,49+/m1/s1. The van der Waals surface area contributed by atoms with Crippen molar-refractivity contribution < 1.29 is 67.8 Å². The molecule has 1 aromatic heterocycles. The molecular weight excluding hydrogens is 1160 g/mol. The van der Waals surface area contributed by atoms with Gasteiger partial charge in [0.2, 0.25) is 27.8 Å². The number of benzene rings is 5. The van der Waals surface area contributed by atoms with Crippen LogP contribution in [0, 0.1) is 19.8 Å². The van der Waals surface area contributed by atoms with Crippen LogP contribution in [0.4, 0.5) is 11.6 Å². The van der Waals surface area contributed by atoms with Crippen LogP contribution in [0.3, 0.4) is 0 Å². The van der Waals surface area contributed by atoms with E-state index in [4.69, 9.17) is 19.0 Å². The fourth-order valence-electron chi connectivity index (χ4n) is 10.1. The smallest absolute Gasteiger partial charge is 0.325 e. The number of ether oxygens (including phenoxy) is 2. The number of carbonyl (C=O) groups excluding carboxylic acids is 5. The normalized spacial score (nSPS) is 14.6. The zero-order valence-corrected chi connectivity index (χ0v) is 49.6. The van der Waals surface area contributed by atoms with E-state index in [2.05, 4.69) is 77.3 Å². The van der Waals surface area contributed by atoms with Crippen molar-refractivity contribution in [3.8, 4) is 5.75 Å². The van der Waals surface area contributed by atoms with Crippen LogP contribution >= 0.6 is 0 Å². The van der Waals surface area contributed by atoms with E-state index in [1.807, 2.05) is 60.8 Å². The summed E-state index contributed by atoms with van der Waals surface area (Å²) in [6.07, 6.45) is 3.83. The lowest BCUT2D eigenvalue weighted by Crippen LogP contribution is -2.53. The first-order valence-corrected chi connectivity index (χ1v) is 31.5. The number of rotatable bonds is 29. The average molecular weight is 1230 g/mol. The Balaban J connectivity index is 0.948. The van der Waals surface area contributed by atoms with Gasteiger partial charge in [0.05, 0.1) is 41.7 Å². The van der Waals surface area contributed by atoms with Crippen LogP contribution < -0.4 is 36.0 Å². The molecule has 85 heavy (non-hydrogen) atoms. The number of hydrogen-bond donors (Lipinski definition) is 8. The van der Waals surface area contributed by atoms with E-state index < -0.39 is 102 Å². The Kier molecular flexibility index (Phi) is 21.3. The quantitative estimate of drug-likeness (QED) is 0.0142. The van der Waals surface area contributed by atoms with Crippen LogP contribution in [0.1, 0.15) is 70.4 Å². The topological polar surface area (TPSA) is 349 Å². The lowest BCUT2D eigenvalue weighted by atomic mass is 9.76. The van der Waals surface area contributed by atoms with Crippen molar-refractivity contribution in [3.63, 3.8) is 0 Å². The van der Waals surface area contributed by atoms with Gasteiger partial charge in [-0.3, -0.25) is 37.6 Å². The average Bonchev–Trinajstić information content (AvgIpc) is 1.81. The summed E-state index contributed by atoms with van der Waals surface area (Å²) in [7, 11) is -12.6. The lowest BCUT2D eigenvalue weighted by molar-refractivity contribution is -0.142. The Bertz CT molecular complexity index is 3660. The number of fused-ring (bicyclic) bond motifs is 1. The number of sulfonamides is 1. The zero-order valence-electron chi connectivity index (χ0n) is 47.1. The highest BCUT2D eigenvalue weighted by Gasteiger charge is 2.40. The number of ketones is 1. The molecule has 3 amide bonds. The van der Waals surface area contributed by atoms with E-state index in [1.54, 1.807) is 24.4 Å². The molecule has 1 aliphatic rings. The number of aryl methyl sites for hydroxylation is 2. The van der Waals surface area contributed by atoms with Crippen LogP contribution in [0.2, 0.25) is 0 Å². The SMILES string of the molecule is COC(=O)[C@H](CNC(=O)C1=Nc2cc(CNc3nccn3C(c3ccccc3)(c3ccccc3)c3ccccc3)ccc2C(=O)[C@H]1C)NS(=O)(=O)c1c(C)cc(OCCCC(=O)NCCNC(=O)[C@H](CS(=O)(=O)O)N[C@H](C)CS(=O)(=O)O)cc1C. The molecule has 5 aromatic carbocycles. The molecule has 1 aliphatic heterocycles. The van der Waals surface area contributed by atoms with E-state index in [0.29, 0.717) is 11.5 Å². The summed E-state index contributed by atoms with van der Waals surface area (Å²) in [5, 5.41) is 13.4. The minimum atomic E-state index is -4.68. The molecule has 27 heteroatoms. The van der Waals surface area contributed by atoms with E-state index in [9.17, 15) is 53.8 Å². The first-order chi connectivity index (χ1) is 40.3. The van der Waals surface area contributed by atoms with Crippen molar-refractivity contribution in [2.45, 2.75) is 75.6 Å². The number of esters is 1. The molecular formula is C58H67N9O15S3. The molecule has 4 atom stereocenters. The summed E-state index contributed by atoms with van der Waals surface area (Å²) < 4.78 is 107. The summed E-state index contributed by atoms with van der Waals surface area (Å²) in [6.45, 7) is 5.28. The highest BCUT2D eigenvalue weighted by atomic mass is 32.2. The van der Waals surface area contributed by atoms with Gasteiger partial charge in [0.15, 0.2) is 5.78 Å². The maximum atomic E-state index is 14.0. The van der Waals surface area contributed by atoms with Gasteiger partial charge in [-0.05, 0) is 91.8 Å². The molecule has 24 nitrogen and oxygen atoms in total. The molecule has 6 aromatic rings. The molecule has 8 N–H and O–H groups in total. The van der Waals surface area contributed by atoms with E-state index >= 15 is 0 Å². The van der Waals surface area contributed by atoms with E-state index in [1.165, 1.54) is 39.8 Å². The number of methoxy groups -OCH3 is 1. The molecule has 0 saturated heterocycles. The number of aliphatic imine (C=N–C) groups is 1. The van der Waals surface area contributed by atoms with Crippen LogP contribution in [0.15, 0.2) is 144 Å². The van der Waals surface area contributed by atoms with Crippen molar-refractivity contribution in [2.24, 2.45) is 10.9 Å². The minimum Gasteiger partial charge on any atom is -0.494 e. The second kappa shape index (κ2) is 28.1. The van der Waals surface area contributed by atoms with Crippen LogP contribution in [-0.4, -0.2) is 142 Å². The van der Waals surface area contributed by atoms with Gasteiger partial charge in [-0.2, -0.15) is 21.6 Å². The second-order valence-electron chi connectivity index (χ2n) is 20.2. The molecule has 0 spiro atoms.